The molecular formula is C19H20N2O5S. The number of ether oxygens (including phenoxy) is 1. The van der Waals surface area contributed by atoms with Gasteiger partial charge in [0.15, 0.2) is 0 Å². The molecule has 2 aromatic rings. The molecule has 0 saturated heterocycles. The van der Waals surface area contributed by atoms with Crippen LogP contribution in [0.25, 0.3) is 0 Å². The van der Waals surface area contributed by atoms with Gasteiger partial charge < -0.3 is 10.1 Å². The summed E-state index contributed by atoms with van der Waals surface area (Å²) in [6.07, 6.45) is 2.06. The Hall–Kier alpha value is -2.97. The summed E-state index contributed by atoms with van der Waals surface area (Å²) in [5.41, 5.74) is 1.24. The lowest BCUT2D eigenvalue weighted by molar-refractivity contribution is -0.137. The van der Waals surface area contributed by atoms with Gasteiger partial charge in [-0.25, -0.2) is 17.9 Å². The predicted molar refractivity (Wildman–Crippen MR) is 101 cm³/mol. The molecule has 0 saturated carbocycles. The number of carbonyl (C=O) groups excluding carboxylic acids is 2. The van der Waals surface area contributed by atoms with Crippen molar-refractivity contribution in [2.75, 3.05) is 11.9 Å². The molecular weight excluding hydrogens is 368 g/mol. The van der Waals surface area contributed by atoms with E-state index in [-0.39, 0.29) is 18.0 Å². The maximum atomic E-state index is 12.3. The van der Waals surface area contributed by atoms with Crippen molar-refractivity contribution in [1.82, 2.24) is 4.72 Å². The van der Waals surface area contributed by atoms with E-state index in [1.54, 1.807) is 6.92 Å². The normalized spacial score (nSPS) is 11.3. The van der Waals surface area contributed by atoms with Crippen molar-refractivity contribution in [3.8, 4) is 0 Å². The number of rotatable bonds is 8. The maximum Gasteiger partial charge on any atom is 0.330 e. The van der Waals surface area contributed by atoms with Gasteiger partial charge in [0.25, 0.3) is 0 Å². The molecule has 0 aliphatic heterocycles. The summed E-state index contributed by atoms with van der Waals surface area (Å²) in [5, 5.41) is 2.53. The lowest BCUT2D eigenvalue weighted by Gasteiger charge is -2.08. The molecule has 27 heavy (non-hydrogen) atoms. The Morgan fingerprint density at radius 3 is 2.30 bits per heavy atom. The van der Waals surface area contributed by atoms with Gasteiger partial charge in [-0.1, -0.05) is 30.3 Å². The standard InChI is InChI=1S/C19H20N2O5S/c1-2-26-19(23)13-12-18(22)21-16-8-10-17(11-9-16)27(24,25)20-14-15-6-4-3-5-7-15/h3-13,20H,2,14H2,1H3,(H,21,22)/b13-12+. The second-order valence-electron chi connectivity index (χ2n) is 5.41. The Morgan fingerprint density at radius 1 is 1.00 bits per heavy atom. The molecule has 0 aliphatic rings. The zero-order valence-corrected chi connectivity index (χ0v) is 15.5. The fourth-order valence-electron chi connectivity index (χ4n) is 2.09. The summed E-state index contributed by atoms with van der Waals surface area (Å²) in [7, 11) is -3.67. The van der Waals surface area contributed by atoms with Crippen LogP contribution in [0.1, 0.15) is 12.5 Å². The number of anilines is 1. The topological polar surface area (TPSA) is 102 Å². The van der Waals surface area contributed by atoms with Crippen molar-refractivity contribution in [2.24, 2.45) is 0 Å². The van der Waals surface area contributed by atoms with Crippen LogP contribution in [0.15, 0.2) is 71.6 Å². The molecule has 0 aliphatic carbocycles. The highest BCUT2D eigenvalue weighted by molar-refractivity contribution is 7.89. The highest BCUT2D eigenvalue weighted by Crippen LogP contribution is 2.14. The molecule has 0 radical (unpaired) electrons. The van der Waals surface area contributed by atoms with Crippen LogP contribution in [0.4, 0.5) is 5.69 Å². The van der Waals surface area contributed by atoms with E-state index in [1.807, 2.05) is 30.3 Å². The summed E-state index contributed by atoms with van der Waals surface area (Å²) in [6, 6.07) is 14.9. The zero-order chi connectivity index (χ0) is 19.7. The fourth-order valence-corrected chi connectivity index (χ4v) is 3.11. The first-order chi connectivity index (χ1) is 12.9. The quantitative estimate of drug-likeness (QED) is 0.533. The van der Waals surface area contributed by atoms with Crippen molar-refractivity contribution in [3.63, 3.8) is 0 Å². The molecule has 2 rings (SSSR count). The van der Waals surface area contributed by atoms with E-state index in [0.29, 0.717) is 5.69 Å². The van der Waals surface area contributed by atoms with Crippen LogP contribution < -0.4 is 10.0 Å². The van der Waals surface area contributed by atoms with Gasteiger partial charge in [-0.05, 0) is 36.8 Å². The van der Waals surface area contributed by atoms with Gasteiger partial charge in [0.2, 0.25) is 15.9 Å². The summed E-state index contributed by atoms with van der Waals surface area (Å²) in [5.74, 6) is -1.14. The SMILES string of the molecule is CCOC(=O)/C=C/C(=O)Nc1ccc(S(=O)(=O)NCc2ccccc2)cc1. The molecule has 0 bridgehead atoms. The van der Waals surface area contributed by atoms with Crippen LogP contribution in [0, 0.1) is 0 Å². The monoisotopic (exact) mass is 388 g/mol. The number of sulfonamides is 1. The van der Waals surface area contributed by atoms with Crippen molar-refractivity contribution in [1.29, 1.82) is 0 Å². The highest BCUT2D eigenvalue weighted by atomic mass is 32.2. The smallest absolute Gasteiger partial charge is 0.330 e. The van der Waals surface area contributed by atoms with Crippen LogP contribution >= 0.6 is 0 Å². The average molecular weight is 388 g/mol. The molecule has 0 aromatic heterocycles. The fraction of sp³-hybridized carbons (Fsp3) is 0.158. The largest absolute Gasteiger partial charge is 0.463 e. The van der Waals surface area contributed by atoms with E-state index in [9.17, 15) is 18.0 Å². The molecule has 8 heteroatoms. The first kappa shape index (κ1) is 20.3. The van der Waals surface area contributed by atoms with Crippen LogP contribution in [-0.4, -0.2) is 26.9 Å². The number of hydrogen-bond acceptors (Lipinski definition) is 5. The number of nitrogens with one attached hydrogen (secondary N) is 2. The van der Waals surface area contributed by atoms with Gasteiger partial charge in [0.05, 0.1) is 11.5 Å². The number of hydrogen-bond donors (Lipinski definition) is 2. The zero-order valence-electron chi connectivity index (χ0n) is 14.7. The van der Waals surface area contributed by atoms with Crippen molar-refractivity contribution in [2.45, 2.75) is 18.4 Å². The molecule has 0 fully saturated rings. The second-order valence-corrected chi connectivity index (χ2v) is 7.18. The third-order valence-corrected chi connectivity index (χ3v) is 4.82. The molecule has 0 unspecified atom stereocenters. The van der Waals surface area contributed by atoms with Gasteiger partial charge in [-0.2, -0.15) is 0 Å². The second kappa shape index (κ2) is 9.65. The molecule has 1 amide bonds. The summed E-state index contributed by atoms with van der Waals surface area (Å²) in [6.45, 7) is 2.06. The van der Waals surface area contributed by atoms with E-state index in [1.165, 1.54) is 24.3 Å². The predicted octanol–water partition coefficient (Wildman–Crippen LogP) is 2.22. The Labute approximate surface area is 158 Å². The number of carbonyl (C=O) groups is 2. The average Bonchev–Trinajstić information content (AvgIpc) is 2.66. The minimum Gasteiger partial charge on any atom is -0.463 e. The first-order valence-corrected chi connectivity index (χ1v) is 9.68. The number of benzene rings is 2. The van der Waals surface area contributed by atoms with Crippen molar-refractivity contribution in [3.05, 3.63) is 72.3 Å². The van der Waals surface area contributed by atoms with Crippen LogP contribution in [0.2, 0.25) is 0 Å². The lowest BCUT2D eigenvalue weighted by Crippen LogP contribution is -2.23. The van der Waals surface area contributed by atoms with Crippen molar-refractivity contribution >= 4 is 27.6 Å². The molecule has 0 atom stereocenters. The van der Waals surface area contributed by atoms with Crippen LogP contribution in [0.3, 0.4) is 0 Å². The minimum absolute atomic E-state index is 0.0819. The van der Waals surface area contributed by atoms with Gasteiger partial charge in [0.1, 0.15) is 0 Å². The van der Waals surface area contributed by atoms with Gasteiger partial charge in [0, 0.05) is 24.4 Å². The summed E-state index contributed by atoms with van der Waals surface area (Å²) in [4.78, 5) is 23.0. The van der Waals surface area contributed by atoms with E-state index in [0.717, 1.165) is 17.7 Å². The summed E-state index contributed by atoms with van der Waals surface area (Å²) < 4.78 is 31.8. The molecule has 2 aromatic carbocycles. The number of amides is 1. The van der Waals surface area contributed by atoms with Gasteiger partial charge in [-0.15, -0.1) is 0 Å². The van der Waals surface area contributed by atoms with E-state index in [4.69, 9.17) is 0 Å². The molecule has 0 heterocycles. The van der Waals surface area contributed by atoms with E-state index in [2.05, 4.69) is 14.8 Å². The highest BCUT2D eigenvalue weighted by Gasteiger charge is 2.13. The van der Waals surface area contributed by atoms with Crippen LogP contribution in [-0.2, 0) is 30.9 Å². The Balaban J connectivity index is 1.95. The Morgan fingerprint density at radius 2 is 1.67 bits per heavy atom. The first-order valence-electron chi connectivity index (χ1n) is 8.20. The molecule has 7 nitrogen and oxygen atoms in total. The summed E-state index contributed by atoms with van der Waals surface area (Å²) >= 11 is 0. The van der Waals surface area contributed by atoms with E-state index >= 15 is 0 Å². The lowest BCUT2D eigenvalue weighted by atomic mass is 10.2. The van der Waals surface area contributed by atoms with E-state index < -0.39 is 21.9 Å². The Kier molecular flexibility index (Phi) is 7.27. The minimum atomic E-state index is -3.67. The van der Waals surface area contributed by atoms with Crippen LogP contribution in [0.5, 0.6) is 0 Å². The number of esters is 1. The third kappa shape index (κ3) is 6.69. The Bertz CT molecular complexity index is 907. The maximum absolute atomic E-state index is 12.3. The molecule has 0 spiro atoms. The molecule has 2 N–H and O–H groups in total. The molecule has 142 valence electrons. The van der Waals surface area contributed by atoms with Gasteiger partial charge >= 0.3 is 5.97 Å². The van der Waals surface area contributed by atoms with Crippen molar-refractivity contribution < 1.29 is 22.7 Å². The third-order valence-electron chi connectivity index (χ3n) is 3.40. The van der Waals surface area contributed by atoms with Gasteiger partial charge in [-0.3, -0.25) is 4.79 Å².